The summed E-state index contributed by atoms with van der Waals surface area (Å²) in [4.78, 5) is 46.7. The Morgan fingerprint density at radius 2 is 1.52 bits per heavy atom. The molecule has 0 aliphatic carbocycles. The monoisotopic (exact) mass is 556 g/mol. The van der Waals surface area contributed by atoms with Gasteiger partial charge in [-0.1, -0.05) is 66.2 Å². The van der Waals surface area contributed by atoms with Gasteiger partial charge in [-0.25, -0.2) is 0 Å². The van der Waals surface area contributed by atoms with E-state index in [1.165, 1.54) is 4.90 Å². The van der Waals surface area contributed by atoms with Gasteiger partial charge in [0.1, 0.15) is 5.58 Å². The van der Waals surface area contributed by atoms with E-state index in [0.717, 1.165) is 16.7 Å². The average molecular weight is 557 g/mol. The van der Waals surface area contributed by atoms with Gasteiger partial charge in [-0.3, -0.25) is 14.4 Å². The van der Waals surface area contributed by atoms with Crippen molar-refractivity contribution in [3.8, 4) is 11.5 Å². The second-order valence-electron chi connectivity index (χ2n) is 10.8. The number of ether oxygens (including phenoxy) is 2. The molecular formula is C34H24N2O6. The van der Waals surface area contributed by atoms with E-state index in [9.17, 15) is 14.4 Å². The summed E-state index contributed by atoms with van der Waals surface area (Å²) in [5.74, 6) is 0.161. The zero-order chi connectivity index (χ0) is 28.6. The first kappa shape index (κ1) is 24.4. The molecule has 0 fully saturated rings. The third-order valence-corrected chi connectivity index (χ3v) is 8.38. The van der Waals surface area contributed by atoms with Gasteiger partial charge >= 0.3 is 0 Å². The predicted molar refractivity (Wildman–Crippen MR) is 155 cm³/mol. The van der Waals surface area contributed by atoms with Crippen molar-refractivity contribution in [2.24, 2.45) is 0 Å². The minimum Gasteiger partial charge on any atom is -0.454 e. The Labute approximate surface area is 240 Å². The minimum atomic E-state index is -1.71. The van der Waals surface area contributed by atoms with Gasteiger partial charge < -0.3 is 23.7 Å². The lowest BCUT2D eigenvalue weighted by Crippen LogP contribution is -2.52. The van der Waals surface area contributed by atoms with Gasteiger partial charge in [-0.2, -0.15) is 0 Å². The Balaban J connectivity index is 1.37. The Morgan fingerprint density at radius 3 is 2.38 bits per heavy atom. The molecule has 1 atom stereocenters. The molecule has 2 amide bonds. The van der Waals surface area contributed by atoms with Crippen LogP contribution in [0.15, 0.2) is 100 Å². The van der Waals surface area contributed by atoms with E-state index in [2.05, 4.69) is 0 Å². The van der Waals surface area contributed by atoms with Gasteiger partial charge in [0.2, 0.25) is 12.6 Å². The molecule has 8 nitrogen and oxygen atoms in total. The maximum atomic E-state index is 14.9. The number of benzene rings is 4. The number of fused-ring (bicyclic) bond motifs is 6. The molecule has 3 aliphatic rings. The van der Waals surface area contributed by atoms with Crippen LogP contribution in [-0.4, -0.2) is 23.5 Å². The molecule has 206 valence electrons. The van der Waals surface area contributed by atoms with E-state index in [0.29, 0.717) is 33.7 Å². The van der Waals surface area contributed by atoms with E-state index < -0.39 is 16.9 Å². The molecule has 1 unspecified atom stereocenters. The van der Waals surface area contributed by atoms with E-state index in [1.54, 1.807) is 41.3 Å². The fourth-order valence-electron chi connectivity index (χ4n) is 6.41. The van der Waals surface area contributed by atoms with Crippen molar-refractivity contribution in [1.29, 1.82) is 0 Å². The summed E-state index contributed by atoms with van der Waals surface area (Å²) in [7, 11) is 0. The second-order valence-corrected chi connectivity index (χ2v) is 10.8. The molecule has 5 aromatic rings. The SMILES string of the molecule is Cc1ccc(CN2C(=O)C3(c4ccccc42)c2c(oc4ccccc4c2=O)C(=O)N3Cc2ccc3c(c2)OCO3)cc1. The number of hydrogen-bond donors (Lipinski definition) is 0. The smallest absolute Gasteiger partial charge is 0.291 e. The van der Waals surface area contributed by atoms with Crippen molar-refractivity contribution < 1.29 is 23.5 Å². The van der Waals surface area contributed by atoms with Crippen molar-refractivity contribution in [1.82, 2.24) is 4.90 Å². The second kappa shape index (κ2) is 8.81. The van der Waals surface area contributed by atoms with E-state index >= 15 is 0 Å². The topological polar surface area (TPSA) is 89.3 Å². The first-order chi connectivity index (χ1) is 20.5. The molecule has 1 aromatic heterocycles. The van der Waals surface area contributed by atoms with Crippen molar-refractivity contribution in [2.75, 3.05) is 11.7 Å². The standard InChI is InChI=1S/C34H24N2O6/c1-20-10-12-21(13-11-20)17-35-25-8-4-3-7-24(25)34(33(35)39)29-30(37)23-6-2-5-9-26(23)42-31(29)32(38)36(34)18-22-14-15-27-28(16-22)41-19-40-27/h2-16H,17-19H2,1H3. The van der Waals surface area contributed by atoms with Crippen molar-refractivity contribution in [2.45, 2.75) is 25.6 Å². The third-order valence-electron chi connectivity index (χ3n) is 8.38. The number of carbonyl (C=O) groups excluding carboxylic acids is 2. The summed E-state index contributed by atoms with van der Waals surface area (Å²) in [6.45, 7) is 2.43. The summed E-state index contributed by atoms with van der Waals surface area (Å²) in [6.07, 6.45) is 0. The molecule has 4 heterocycles. The van der Waals surface area contributed by atoms with Crippen LogP contribution < -0.4 is 19.8 Å². The van der Waals surface area contributed by atoms with Gasteiger partial charge in [-0.05, 0) is 48.4 Å². The lowest BCUT2D eigenvalue weighted by atomic mass is 9.83. The molecule has 8 rings (SSSR count). The van der Waals surface area contributed by atoms with Crippen LogP contribution in [0.3, 0.4) is 0 Å². The summed E-state index contributed by atoms with van der Waals surface area (Å²) >= 11 is 0. The van der Waals surface area contributed by atoms with Crippen molar-refractivity contribution >= 4 is 28.5 Å². The normalized spacial score (nSPS) is 18.3. The van der Waals surface area contributed by atoms with Crippen molar-refractivity contribution in [3.63, 3.8) is 0 Å². The zero-order valence-corrected chi connectivity index (χ0v) is 22.6. The van der Waals surface area contributed by atoms with Gasteiger partial charge in [0, 0.05) is 12.1 Å². The Kier molecular flexibility index (Phi) is 5.13. The van der Waals surface area contributed by atoms with Crippen LogP contribution in [0.2, 0.25) is 0 Å². The number of carbonyl (C=O) groups is 2. The van der Waals surface area contributed by atoms with Gasteiger partial charge in [0.05, 0.1) is 23.2 Å². The lowest BCUT2D eigenvalue weighted by molar-refractivity contribution is -0.126. The van der Waals surface area contributed by atoms with Crippen LogP contribution in [-0.2, 0) is 23.4 Å². The summed E-state index contributed by atoms with van der Waals surface area (Å²) in [6, 6.07) is 27.6. The van der Waals surface area contributed by atoms with E-state index in [4.69, 9.17) is 13.9 Å². The number of para-hydroxylation sites is 2. The van der Waals surface area contributed by atoms with Crippen LogP contribution in [0.1, 0.15) is 38.4 Å². The molecule has 0 radical (unpaired) electrons. The molecular weight excluding hydrogens is 532 g/mol. The number of hydrogen-bond acceptors (Lipinski definition) is 6. The van der Waals surface area contributed by atoms with Crippen LogP contribution in [0.5, 0.6) is 11.5 Å². The summed E-state index contributed by atoms with van der Waals surface area (Å²) in [5, 5.41) is 0.315. The number of aryl methyl sites for hydroxylation is 1. The number of anilines is 1. The quantitative estimate of drug-likeness (QED) is 0.300. The maximum absolute atomic E-state index is 14.9. The fourth-order valence-corrected chi connectivity index (χ4v) is 6.41. The molecule has 3 aliphatic heterocycles. The highest BCUT2D eigenvalue weighted by Crippen LogP contribution is 2.53. The molecule has 4 aromatic carbocycles. The largest absolute Gasteiger partial charge is 0.454 e. The Bertz CT molecular complexity index is 2010. The van der Waals surface area contributed by atoms with Gasteiger partial charge in [0.15, 0.2) is 22.5 Å². The molecule has 0 saturated carbocycles. The average Bonchev–Trinajstić information content (AvgIpc) is 3.64. The van der Waals surface area contributed by atoms with Gasteiger partial charge in [-0.15, -0.1) is 0 Å². The molecule has 42 heavy (non-hydrogen) atoms. The van der Waals surface area contributed by atoms with Crippen LogP contribution in [0, 0.1) is 6.92 Å². The van der Waals surface area contributed by atoms with E-state index in [1.807, 2.05) is 61.5 Å². The van der Waals surface area contributed by atoms with Crippen LogP contribution in [0.25, 0.3) is 11.0 Å². The molecule has 0 N–H and O–H groups in total. The number of nitrogens with zero attached hydrogens (tertiary/aromatic N) is 2. The molecule has 0 saturated heterocycles. The zero-order valence-electron chi connectivity index (χ0n) is 22.6. The van der Waals surface area contributed by atoms with E-state index in [-0.39, 0.29) is 37.1 Å². The highest BCUT2D eigenvalue weighted by molar-refractivity contribution is 6.17. The number of rotatable bonds is 4. The third kappa shape index (κ3) is 3.26. The highest BCUT2D eigenvalue weighted by Gasteiger charge is 2.65. The summed E-state index contributed by atoms with van der Waals surface area (Å²) in [5.41, 5.74) is 2.21. The van der Waals surface area contributed by atoms with Crippen molar-refractivity contribution in [3.05, 3.63) is 135 Å². The van der Waals surface area contributed by atoms with Crippen LogP contribution in [0.4, 0.5) is 5.69 Å². The Morgan fingerprint density at radius 1 is 0.786 bits per heavy atom. The maximum Gasteiger partial charge on any atom is 0.291 e. The lowest BCUT2D eigenvalue weighted by Gasteiger charge is -2.34. The minimum absolute atomic E-state index is 0.0356. The molecule has 0 bridgehead atoms. The fraction of sp³-hybridized carbons (Fsp3) is 0.147. The summed E-state index contributed by atoms with van der Waals surface area (Å²) < 4.78 is 17.2. The van der Waals surface area contributed by atoms with Crippen LogP contribution >= 0.6 is 0 Å². The molecule has 8 heteroatoms. The Hall–Kier alpha value is -5.37. The first-order valence-electron chi connectivity index (χ1n) is 13.7. The first-order valence-corrected chi connectivity index (χ1v) is 13.7. The highest BCUT2D eigenvalue weighted by atomic mass is 16.7. The molecule has 1 spiro atoms. The van der Waals surface area contributed by atoms with Gasteiger partial charge in [0.25, 0.3) is 11.8 Å². The number of amides is 2. The predicted octanol–water partition coefficient (Wildman–Crippen LogP) is 5.28.